The second-order valence-electron chi connectivity index (χ2n) is 6.37. The average Bonchev–Trinajstić information content (AvgIpc) is 3.44. The number of aromatic nitrogens is 2. The van der Waals surface area contributed by atoms with Crippen molar-refractivity contribution in [3.05, 3.63) is 70.9 Å². The lowest BCUT2D eigenvalue weighted by Gasteiger charge is -2.05. The summed E-state index contributed by atoms with van der Waals surface area (Å²) in [7, 11) is 3.18. The Balaban J connectivity index is 1.44. The number of rotatable bonds is 8. The summed E-state index contributed by atoms with van der Waals surface area (Å²) in [4.78, 5) is 4.45. The van der Waals surface area contributed by atoms with Gasteiger partial charge in [0, 0.05) is 22.4 Å². The van der Waals surface area contributed by atoms with Gasteiger partial charge in [-0.1, -0.05) is 35.0 Å². The molecule has 0 saturated heterocycles. The summed E-state index contributed by atoms with van der Waals surface area (Å²) in [6.45, 7) is 0. The van der Waals surface area contributed by atoms with Crippen LogP contribution in [-0.4, -0.2) is 24.4 Å². The van der Waals surface area contributed by atoms with Crippen molar-refractivity contribution >= 4 is 23.4 Å². The molecule has 0 aliphatic heterocycles. The summed E-state index contributed by atoms with van der Waals surface area (Å²) < 4.78 is 21.9. The first-order valence-corrected chi connectivity index (χ1v) is 10.7. The first kappa shape index (κ1) is 20.4. The van der Waals surface area contributed by atoms with Gasteiger partial charge in [0.25, 0.3) is 5.89 Å². The van der Waals surface area contributed by atoms with Crippen molar-refractivity contribution in [3.63, 3.8) is 0 Å². The summed E-state index contributed by atoms with van der Waals surface area (Å²) in [5.74, 6) is 4.89. The van der Waals surface area contributed by atoms with Gasteiger partial charge in [0.05, 0.1) is 20.0 Å². The second-order valence-corrected chi connectivity index (χ2v) is 7.77. The van der Waals surface area contributed by atoms with Crippen molar-refractivity contribution in [3.8, 4) is 34.5 Å². The van der Waals surface area contributed by atoms with E-state index in [9.17, 15) is 0 Å². The van der Waals surface area contributed by atoms with Crippen molar-refractivity contribution in [2.75, 3.05) is 14.2 Å². The maximum absolute atomic E-state index is 6.20. The van der Waals surface area contributed by atoms with Gasteiger partial charge in [-0.25, -0.2) is 0 Å². The van der Waals surface area contributed by atoms with Crippen molar-refractivity contribution < 1.29 is 18.4 Å². The number of thioether (sulfide) groups is 1. The molecule has 4 aromatic rings. The Labute approximate surface area is 183 Å². The number of ether oxygens (including phenoxy) is 2. The Morgan fingerprint density at radius 2 is 1.73 bits per heavy atom. The van der Waals surface area contributed by atoms with Crippen molar-refractivity contribution in [2.45, 2.75) is 11.5 Å². The van der Waals surface area contributed by atoms with E-state index in [1.165, 1.54) is 0 Å². The van der Waals surface area contributed by atoms with E-state index in [1.54, 1.807) is 32.0 Å². The standard InChI is InChI=1S/C22H19ClN2O4S/c1-26-17-9-15(10-18(11-17)27-2)21-24-22(29-25-21)20-8-7-16(28-20)13-30-12-14-5-3-4-6-19(14)23/h3-11H,12-13H2,1-2H3. The van der Waals surface area contributed by atoms with Crippen LogP contribution in [0.15, 0.2) is 63.5 Å². The number of hydrogen-bond acceptors (Lipinski definition) is 7. The fourth-order valence-corrected chi connectivity index (χ4v) is 4.04. The van der Waals surface area contributed by atoms with Crippen molar-refractivity contribution in [2.24, 2.45) is 0 Å². The van der Waals surface area contributed by atoms with Gasteiger partial charge in [-0.15, -0.1) is 11.8 Å². The fraction of sp³-hybridized carbons (Fsp3) is 0.182. The summed E-state index contributed by atoms with van der Waals surface area (Å²) in [5.41, 5.74) is 1.83. The molecule has 154 valence electrons. The maximum Gasteiger partial charge on any atom is 0.293 e. The minimum Gasteiger partial charge on any atom is -0.497 e. The minimum absolute atomic E-state index is 0.314. The number of hydrogen-bond donors (Lipinski definition) is 0. The molecule has 6 nitrogen and oxygen atoms in total. The van der Waals surface area contributed by atoms with Gasteiger partial charge >= 0.3 is 0 Å². The third kappa shape index (κ3) is 4.63. The highest BCUT2D eigenvalue weighted by molar-refractivity contribution is 7.97. The topological polar surface area (TPSA) is 70.5 Å². The number of halogens is 1. The first-order valence-electron chi connectivity index (χ1n) is 9.13. The molecule has 2 aromatic carbocycles. The molecule has 0 radical (unpaired) electrons. The third-order valence-electron chi connectivity index (χ3n) is 4.37. The van der Waals surface area contributed by atoms with Gasteiger partial charge in [0.1, 0.15) is 17.3 Å². The molecule has 30 heavy (non-hydrogen) atoms. The van der Waals surface area contributed by atoms with Gasteiger partial charge in [0.2, 0.25) is 5.82 Å². The van der Waals surface area contributed by atoms with Gasteiger partial charge in [-0.2, -0.15) is 4.98 Å². The van der Waals surface area contributed by atoms with E-state index in [-0.39, 0.29) is 0 Å². The fourth-order valence-electron chi connectivity index (χ4n) is 2.82. The van der Waals surface area contributed by atoms with E-state index in [0.717, 1.165) is 27.7 Å². The second kappa shape index (κ2) is 9.28. The number of benzene rings is 2. The predicted molar refractivity (Wildman–Crippen MR) is 117 cm³/mol. The molecule has 8 heteroatoms. The highest BCUT2D eigenvalue weighted by Crippen LogP contribution is 2.31. The van der Waals surface area contributed by atoms with Gasteiger partial charge in [0.15, 0.2) is 5.76 Å². The molecule has 0 N–H and O–H groups in total. The highest BCUT2D eigenvalue weighted by atomic mass is 35.5. The molecule has 0 bridgehead atoms. The molecule has 0 amide bonds. The minimum atomic E-state index is 0.314. The van der Waals surface area contributed by atoms with Gasteiger partial charge in [-0.3, -0.25) is 0 Å². The molecule has 0 fully saturated rings. The normalized spacial score (nSPS) is 10.9. The van der Waals surface area contributed by atoms with E-state index in [2.05, 4.69) is 10.1 Å². The molecular weight excluding hydrogens is 424 g/mol. The zero-order valence-corrected chi connectivity index (χ0v) is 18.0. The number of nitrogens with zero attached hydrogens (tertiary/aromatic N) is 2. The molecule has 0 saturated carbocycles. The average molecular weight is 443 g/mol. The zero-order valence-electron chi connectivity index (χ0n) is 16.4. The lowest BCUT2D eigenvalue weighted by Crippen LogP contribution is -1.89. The van der Waals surface area contributed by atoms with Crippen molar-refractivity contribution in [1.82, 2.24) is 10.1 Å². The summed E-state index contributed by atoms with van der Waals surface area (Å²) >= 11 is 7.92. The summed E-state index contributed by atoms with van der Waals surface area (Å²) in [6.07, 6.45) is 0. The van der Waals surface area contributed by atoms with Crippen LogP contribution in [-0.2, 0) is 11.5 Å². The molecule has 0 atom stereocenters. The molecular formula is C22H19ClN2O4S. The lowest BCUT2D eigenvalue weighted by atomic mass is 10.2. The Morgan fingerprint density at radius 3 is 2.47 bits per heavy atom. The van der Waals surface area contributed by atoms with Crippen LogP contribution < -0.4 is 9.47 Å². The van der Waals surface area contributed by atoms with Crippen LogP contribution in [0.2, 0.25) is 5.02 Å². The van der Waals surface area contributed by atoms with E-state index in [4.69, 9.17) is 30.0 Å². The smallest absolute Gasteiger partial charge is 0.293 e. The van der Waals surface area contributed by atoms with Gasteiger partial charge < -0.3 is 18.4 Å². The largest absolute Gasteiger partial charge is 0.497 e. The first-order chi connectivity index (χ1) is 14.7. The molecule has 4 rings (SSSR count). The quantitative estimate of drug-likeness (QED) is 0.326. The summed E-state index contributed by atoms with van der Waals surface area (Å²) in [6, 6.07) is 17.0. The Kier molecular flexibility index (Phi) is 6.30. The monoisotopic (exact) mass is 442 g/mol. The Hall–Kier alpha value is -2.90. The predicted octanol–water partition coefficient (Wildman–Crippen LogP) is 6.10. The number of methoxy groups -OCH3 is 2. The zero-order chi connectivity index (χ0) is 20.9. The van der Waals surface area contributed by atoms with E-state index < -0.39 is 0 Å². The molecule has 0 aliphatic rings. The van der Waals surface area contributed by atoms with E-state index in [0.29, 0.717) is 34.7 Å². The Bertz CT molecular complexity index is 1120. The third-order valence-corrected chi connectivity index (χ3v) is 5.74. The van der Waals surface area contributed by atoms with E-state index >= 15 is 0 Å². The van der Waals surface area contributed by atoms with Crippen LogP contribution in [0.4, 0.5) is 0 Å². The lowest BCUT2D eigenvalue weighted by molar-refractivity contribution is 0.394. The van der Waals surface area contributed by atoms with Crippen LogP contribution >= 0.6 is 23.4 Å². The molecule has 0 spiro atoms. The van der Waals surface area contributed by atoms with E-state index in [1.807, 2.05) is 48.5 Å². The number of furan rings is 1. The van der Waals surface area contributed by atoms with Gasteiger partial charge in [-0.05, 0) is 35.9 Å². The summed E-state index contributed by atoms with van der Waals surface area (Å²) in [5, 5.41) is 4.83. The van der Waals surface area contributed by atoms with Crippen LogP contribution in [0, 0.1) is 0 Å². The molecule has 0 aliphatic carbocycles. The van der Waals surface area contributed by atoms with Crippen LogP contribution in [0.25, 0.3) is 23.0 Å². The Morgan fingerprint density at radius 1 is 0.967 bits per heavy atom. The molecule has 2 aromatic heterocycles. The molecule has 2 heterocycles. The maximum atomic E-state index is 6.20. The van der Waals surface area contributed by atoms with Crippen LogP contribution in [0.1, 0.15) is 11.3 Å². The highest BCUT2D eigenvalue weighted by Gasteiger charge is 2.16. The SMILES string of the molecule is COc1cc(OC)cc(-c2noc(-c3ccc(CSCc4ccccc4Cl)o3)n2)c1. The molecule has 0 unspecified atom stereocenters. The van der Waals surface area contributed by atoms with Crippen LogP contribution in [0.5, 0.6) is 11.5 Å². The van der Waals surface area contributed by atoms with Crippen LogP contribution in [0.3, 0.4) is 0 Å². The van der Waals surface area contributed by atoms with Crippen molar-refractivity contribution in [1.29, 1.82) is 0 Å².